The molecule has 0 amide bonds. The van der Waals surface area contributed by atoms with Crippen LogP contribution in [0, 0.1) is 11.6 Å². The highest BCUT2D eigenvalue weighted by Crippen LogP contribution is 2.19. The Kier molecular flexibility index (Phi) is 4.49. The Bertz CT molecular complexity index is 608. The molecule has 1 N–H and O–H groups in total. The summed E-state index contributed by atoms with van der Waals surface area (Å²) < 4.78 is 28.6. The number of nitrogens with zero attached hydrogens (tertiary/aromatic N) is 2. The Labute approximate surface area is 116 Å². The van der Waals surface area contributed by atoms with Crippen LogP contribution in [0.5, 0.6) is 0 Å². The summed E-state index contributed by atoms with van der Waals surface area (Å²) >= 11 is 0. The number of rotatable bonds is 5. The van der Waals surface area contributed by atoms with E-state index < -0.39 is 11.6 Å². The molecule has 0 aliphatic heterocycles. The second-order valence-electron chi connectivity index (χ2n) is 4.63. The molecule has 2 aromatic rings. The Hall–Kier alpha value is -1.75. The summed E-state index contributed by atoms with van der Waals surface area (Å²) in [5.41, 5.74) is 2.73. The molecule has 108 valence electrons. The quantitative estimate of drug-likeness (QED) is 0.914. The van der Waals surface area contributed by atoms with Crippen molar-refractivity contribution in [3.63, 3.8) is 0 Å². The van der Waals surface area contributed by atoms with Gasteiger partial charge in [0.2, 0.25) is 0 Å². The SMILES string of the molecule is CCc1nn(Cc2cc(F)ccc2F)c(CC)c1CO. The molecule has 1 heterocycles. The number of hydrogen-bond donors (Lipinski definition) is 1. The number of benzene rings is 1. The first-order valence-corrected chi connectivity index (χ1v) is 6.72. The van der Waals surface area contributed by atoms with Gasteiger partial charge in [0.1, 0.15) is 11.6 Å². The predicted molar refractivity (Wildman–Crippen MR) is 72.4 cm³/mol. The molecule has 0 radical (unpaired) electrons. The Morgan fingerprint density at radius 3 is 2.55 bits per heavy atom. The Morgan fingerprint density at radius 1 is 1.20 bits per heavy atom. The fourth-order valence-electron chi connectivity index (χ4n) is 2.41. The summed E-state index contributed by atoms with van der Waals surface area (Å²) in [6, 6.07) is 3.40. The lowest BCUT2D eigenvalue weighted by Gasteiger charge is -2.08. The molecule has 0 aliphatic carbocycles. The first-order chi connectivity index (χ1) is 9.60. The van der Waals surface area contributed by atoms with Crippen molar-refractivity contribution < 1.29 is 13.9 Å². The van der Waals surface area contributed by atoms with Crippen LogP contribution < -0.4 is 0 Å². The summed E-state index contributed by atoms with van der Waals surface area (Å²) in [5.74, 6) is -0.919. The van der Waals surface area contributed by atoms with Crippen LogP contribution in [0.1, 0.15) is 36.4 Å². The van der Waals surface area contributed by atoms with Crippen LogP contribution in [0.2, 0.25) is 0 Å². The van der Waals surface area contributed by atoms with Crippen molar-refractivity contribution in [1.29, 1.82) is 0 Å². The zero-order valence-electron chi connectivity index (χ0n) is 11.7. The minimum atomic E-state index is -0.468. The molecular weight excluding hydrogens is 262 g/mol. The standard InChI is InChI=1S/C15H18F2N2O/c1-3-14-12(9-20)15(4-2)19(18-14)8-10-7-11(16)5-6-13(10)17/h5-7,20H,3-4,8-9H2,1-2H3. The van der Waals surface area contributed by atoms with Crippen molar-refractivity contribution >= 4 is 0 Å². The maximum absolute atomic E-state index is 13.7. The van der Waals surface area contributed by atoms with E-state index in [-0.39, 0.29) is 18.7 Å². The Balaban J connectivity index is 2.42. The van der Waals surface area contributed by atoms with Gasteiger partial charge in [0.25, 0.3) is 0 Å². The topological polar surface area (TPSA) is 38.0 Å². The van der Waals surface area contributed by atoms with Gasteiger partial charge in [-0.1, -0.05) is 13.8 Å². The fraction of sp³-hybridized carbons (Fsp3) is 0.400. The molecule has 0 atom stereocenters. The third-order valence-electron chi connectivity index (χ3n) is 3.41. The molecule has 0 saturated heterocycles. The van der Waals surface area contributed by atoms with Gasteiger partial charge in [0.15, 0.2) is 0 Å². The summed E-state index contributed by atoms with van der Waals surface area (Å²) in [5, 5.41) is 13.9. The smallest absolute Gasteiger partial charge is 0.128 e. The van der Waals surface area contributed by atoms with E-state index in [1.807, 2.05) is 13.8 Å². The van der Waals surface area contributed by atoms with Crippen LogP contribution in [0.4, 0.5) is 8.78 Å². The van der Waals surface area contributed by atoms with E-state index >= 15 is 0 Å². The molecule has 5 heteroatoms. The van der Waals surface area contributed by atoms with Gasteiger partial charge < -0.3 is 5.11 Å². The van der Waals surface area contributed by atoms with Gasteiger partial charge >= 0.3 is 0 Å². The van der Waals surface area contributed by atoms with E-state index in [2.05, 4.69) is 5.10 Å². The minimum absolute atomic E-state index is 0.0853. The van der Waals surface area contributed by atoms with Crippen LogP contribution >= 0.6 is 0 Å². The number of aromatic nitrogens is 2. The normalized spacial score (nSPS) is 11.1. The lowest BCUT2D eigenvalue weighted by molar-refractivity contribution is 0.279. The summed E-state index contributed by atoms with van der Waals surface area (Å²) in [7, 11) is 0. The first kappa shape index (κ1) is 14.7. The molecule has 0 spiro atoms. The third-order valence-corrected chi connectivity index (χ3v) is 3.41. The number of aryl methyl sites for hydroxylation is 1. The van der Waals surface area contributed by atoms with Crippen LogP contribution in [-0.4, -0.2) is 14.9 Å². The number of aliphatic hydroxyl groups excluding tert-OH is 1. The van der Waals surface area contributed by atoms with E-state index in [0.29, 0.717) is 12.8 Å². The molecule has 3 nitrogen and oxygen atoms in total. The molecule has 1 aromatic heterocycles. The molecular formula is C15H18F2N2O. The zero-order valence-corrected chi connectivity index (χ0v) is 11.7. The van der Waals surface area contributed by atoms with Gasteiger partial charge in [-0.15, -0.1) is 0 Å². The lowest BCUT2D eigenvalue weighted by atomic mass is 10.1. The summed E-state index contributed by atoms with van der Waals surface area (Å²) in [4.78, 5) is 0. The molecule has 0 bridgehead atoms. The highest BCUT2D eigenvalue weighted by atomic mass is 19.1. The van der Waals surface area contributed by atoms with Crippen molar-refractivity contribution in [2.24, 2.45) is 0 Å². The van der Waals surface area contributed by atoms with Crippen LogP contribution in [0.3, 0.4) is 0 Å². The average Bonchev–Trinajstić information content (AvgIpc) is 2.79. The van der Waals surface area contributed by atoms with E-state index in [0.717, 1.165) is 29.1 Å². The van der Waals surface area contributed by atoms with Crippen molar-refractivity contribution in [1.82, 2.24) is 9.78 Å². The maximum Gasteiger partial charge on any atom is 0.128 e. The largest absolute Gasteiger partial charge is 0.392 e. The van der Waals surface area contributed by atoms with Crippen molar-refractivity contribution in [2.75, 3.05) is 0 Å². The van der Waals surface area contributed by atoms with Gasteiger partial charge in [-0.2, -0.15) is 5.10 Å². The van der Waals surface area contributed by atoms with Crippen LogP contribution in [-0.2, 0) is 26.0 Å². The van der Waals surface area contributed by atoms with Gasteiger partial charge in [-0.05, 0) is 31.0 Å². The summed E-state index contributed by atoms with van der Waals surface area (Å²) in [6.45, 7) is 3.99. The average molecular weight is 280 g/mol. The third kappa shape index (κ3) is 2.72. The summed E-state index contributed by atoms with van der Waals surface area (Å²) in [6.07, 6.45) is 1.38. The molecule has 0 saturated carbocycles. The van der Waals surface area contributed by atoms with E-state index in [1.165, 1.54) is 6.07 Å². The Morgan fingerprint density at radius 2 is 1.95 bits per heavy atom. The van der Waals surface area contributed by atoms with Gasteiger partial charge in [0, 0.05) is 16.8 Å². The predicted octanol–water partition coefficient (Wildman–Crippen LogP) is 2.83. The van der Waals surface area contributed by atoms with Gasteiger partial charge in [-0.25, -0.2) is 8.78 Å². The number of hydrogen-bond acceptors (Lipinski definition) is 2. The van der Waals surface area contributed by atoms with E-state index in [9.17, 15) is 13.9 Å². The molecule has 0 fully saturated rings. The van der Waals surface area contributed by atoms with E-state index in [4.69, 9.17) is 0 Å². The first-order valence-electron chi connectivity index (χ1n) is 6.72. The van der Waals surface area contributed by atoms with Crippen molar-refractivity contribution in [2.45, 2.75) is 39.8 Å². The maximum atomic E-state index is 13.7. The number of halogens is 2. The minimum Gasteiger partial charge on any atom is -0.392 e. The van der Waals surface area contributed by atoms with Gasteiger partial charge in [0.05, 0.1) is 18.8 Å². The monoisotopic (exact) mass is 280 g/mol. The molecule has 0 aliphatic rings. The van der Waals surface area contributed by atoms with Crippen LogP contribution in [0.25, 0.3) is 0 Å². The van der Waals surface area contributed by atoms with E-state index in [1.54, 1.807) is 4.68 Å². The fourth-order valence-corrected chi connectivity index (χ4v) is 2.41. The second kappa shape index (κ2) is 6.13. The number of aliphatic hydroxyl groups is 1. The molecule has 2 rings (SSSR count). The highest BCUT2D eigenvalue weighted by molar-refractivity contribution is 5.28. The lowest BCUT2D eigenvalue weighted by Crippen LogP contribution is -2.08. The molecule has 20 heavy (non-hydrogen) atoms. The van der Waals surface area contributed by atoms with Crippen molar-refractivity contribution in [3.05, 3.63) is 52.3 Å². The van der Waals surface area contributed by atoms with Crippen molar-refractivity contribution in [3.8, 4) is 0 Å². The van der Waals surface area contributed by atoms with Gasteiger partial charge in [-0.3, -0.25) is 4.68 Å². The highest BCUT2D eigenvalue weighted by Gasteiger charge is 2.16. The molecule has 1 aromatic carbocycles. The molecule has 0 unspecified atom stereocenters. The van der Waals surface area contributed by atoms with Crippen LogP contribution in [0.15, 0.2) is 18.2 Å². The zero-order chi connectivity index (χ0) is 14.7. The second-order valence-corrected chi connectivity index (χ2v) is 4.63.